The summed E-state index contributed by atoms with van der Waals surface area (Å²) in [6.45, 7) is 1.85. The number of hydrogen-bond donors (Lipinski definition) is 0. The standard InChI is InChI=1S/C24H22FNO3/c1-2-28-23(27)24(25)20(16-6-4-3-5-7-16)21(24)17-10-8-15(9-11-17)19-14-26-22(29-19)18-12-13-18/h3-11,14,18,20-21H,2,12-13H2,1H3/t20-,21-,24-/m1/s1. The molecule has 0 unspecified atom stereocenters. The number of aromatic nitrogens is 1. The second-order valence-corrected chi connectivity index (χ2v) is 7.81. The summed E-state index contributed by atoms with van der Waals surface area (Å²) in [5.74, 6) is 0.0754. The Morgan fingerprint density at radius 2 is 1.76 bits per heavy atom. The molecule has 0 N–H and O–H groups in total. The molecule has 5 heteroatoms. The van der Waals surface area contributed by atoms with Gasteiger partial charge in [-0.15, -0.1) is 0 Å². The van der Waals surface area contributed by atoms with Gasteiger partial charge in [0.15, 0.2) is 11.7 Å². The Kier molecular flexibility index (Phi) is 4.26. The summed E-state index contributed by atoms with van der Waals surface area (Å²) in [6, 6.07) is 16.9. The second kappa shape index (κ2) is 6.83. The van der Waals surface area contributed by atoms with Crippen LogP contribution in [0.15, 0.2) is 65.2 Å². The van der Waals surface area contributed by atoms with Crippen LogP contribution in [0.3, 0.4) is 0 Å². The van der Waals surface area contributed by atoms with E-state index in [1.165, 1.54) is 0 Å². The van der Waals surface area contributed by atoms with Crippen LogP contribution in [0.2, 0.25) is 0 Å². The molecule has 0 saturated heterocycles. The number of nitrogens with zero attached hydrogens (tertiary/aromatic N) is 1. The zero-order valence-corrected chi connectivity index (χ0v) is 16.2. The third kappa shape index (κ3) is 3.05. The van der Waals surface area contributed by atoms with E-state index in [1.807, 2.05) is 54.6 Å². The maximum Gasteiger partial charge on any atom is 0.345 e. The second-order valence-electron chi connectivity index (χ2n) is 7.81. The van der Waals surface area contributed by atoms with Crippen molar-refractivity contribution in [3.63, 3.8) is 0 Å². The van der Waals surface area contributed by atoms with Crippen LogP contribution in [0.25, 0.3) is 11.3 Å². The molecule has 29 heavy (non-hydrogen) atoms. The predicted molar refractivity (Wildman–Crippen MR) is 106 cm³/mol. The SMILES string of the molecule is CCOC(=O)[C@@]1(F)[C@H](c2ccccc2)[C@H]1c1ccc(-c2cnc(C3CC3)o2)cc1. The van der Waals surface area contributed by atoms with E-state index in [0.29, 0.717) is 11.7 Å². The molecule has 2 saturated carbocycles. The number of ether oxygens (including phenoxy) is 1. The van der Waals surface area contributed by atoms with Gasteiger partial charge in [-0.1, -0.05) is 54.6 Å². The topological polar surface area (TPSA) is 52.3 Å². The van der Waals surface area contributed by atoms with Crippen LogP contribution in [-0.2, 0) is 9.53 Å². The van der Waals surface area contributed by atoms with Gasteiger partial charge in [0.1, 0.15) is 0 Å². The zero-order valence-electron chi connectivity index (χ0n) is 16.2. The van der Waals surface area contributed by atoms with E-state index in [0.717, 1.165) is 35.4 Å². The van der Waals surface area contributed by atoms with Gasteiger partial charge in [0.05, 0.1) is 12.8 Å². The summed E-state index contributed by atoms with van der Waals surface area (Å²) >= 11 is 0. The van der Waals surface area contributed by atoms with Gasteiger partial charge in [0.25, 0.3) is 0 Å². The van der Waals surface area contributed by atoms with E-state index < -0.39 is 23.5 Å². The number of halogens is 1. The molecule has 4 nitrogen and oxygen atoms in total. The maximum absolute atomic E-state index is 15.8. The van der Waals surface area contributed by atoms with Crippen molar-refractivity contribution in [2.24, 2.45) is 0 Å². The molecule has 0 bridgehead atoms. The van der Waals surface area contributed by atoms with E-state index >= 15 is 4.39 Å². The minimum atomic E-state index is -2.04. The summed E-state index contributed by atoms with van der Waals surface area (Å²) < 4.78 is 26.7. The molecule has 3 aromatic rings. The molecule has 2 fully saturated rings. The number of alkyl halides is 1. The minimum Gasteiger partial charge on any atom is -0.464 e. The first-order valence-electron chi connectivity index (χ1n) is 10.1. The Balaban J connectivity index is 1.44. The van der Waals surface area contributed by atoms with Crippen molar-refractivity contribution in [1.82, 2.24) is 4.98 Å². The van der Waals surface area contributed by atoms with Crippen molar-refractivity contribution in [2.75, 3.05) is 6.61 Å². The Morgan fingerprint density at radius 3 is 2.38 bits per heavy atom. The van der Waals surface area contributed by atoms with Gasteiger partial charge in [0, 0.05) is 23.3 Å². The molecule has 0 amide bonds. The molecule has 2 aliphatic carbocycles. The lowest BCUT2D eigenvalue weighted by Crippen LogP contribution is -2.24. The van der Waals surface area contributed by atoms with Crippen molar-refractivity contribution in [1.29, 1.82) is 0 Å². The quantitative estimate of drug-likeness (QED) is 0.530. The summed E-state index contributed by atoms with van der Waals surface area (Å²) in [5.41, 5.74) is 0.441. The van der Waals surface area contributed by atoms with Gasteiger partial charge in [-0.3, -0.25) is 0 Å². The van der Waals surface area contributed by atoms with Crippen LogP contribution in [-0.4, -0.2) is 23.2 Å². The average molecular weight is 391 g/mol. The van der Waals surface area contributed by atoms with Crippen molar-refractivity contribution in [3.05, 3.63) is 77.8 Å². The zero-order chi connectivity index (χ0) is 20.0. The molecular weight excluding hydrogens is 369 g/mol. The van der Waals surface area contributed by atoms with Crippen LogP contribution < -0.4 is 0 Å². The van der Waals surface area contributed by atoms with Gasteiger partial charge >= 0.3 is 5.97 Å². The molecule has 0 aliphatic heterocycles. The number of esters is 1. The maximum atomic E-state index is 15.8. The fraction of sp³-hybridized carbons (Fsp3) is 0.333. The lowest BCUT2D eigenvalue weighted by Gasteiger charge is -2.08. The lowest BCUT2D eigenvalue weighted by atomic mass is 10.0. The van der Waals surface area contributed by atoms with Crippen LogP contribution in [0.4, 0.5) is 4.39 Å². The number of carbonyl (C=O) groups is 1. The van der Waals surface area contributed by atoms with Gasteiger partial charge in [-0.05, 0) is 30.9 Å². The van der Waals surface area contributed by atoms with E-state index in [-0.39, 0.29) is 6.61 Å². The lowest BCUT2D eigenvalue weighted by molar-refractivity contribution is -0.151. The molecule has 5 rings (SSSR count). The Labute approximate surface area is 168 Å². The molecule has 3 atom stereocenters. The predicted octanol–water partition coefficient (Wildman–Crippen LogP) is 5.37. The highest BCUT2D eigenvalue weighted by molar-refractivity contribution is 5.88. The fourth-order valence-electron chi connectivity index (χ4n) is 4.18. The van der Waals surface area contributed by atoms with Crippen molar-refractivity contribution in [3.8, 4) is 11.3 Å². The van der Waals surface area contributed by atoms with Crippen molar-refractivity contribution in [2.45, 2.75) is 43.2 Å². The van der Waals surface area contributed by atoms with Crippen molar-refractivity contribution >= 4 is 5.97 Å². The first-order valence-corrected chi connectivity index (χ1v) is 10.1. The van der Waals surface area contributed by atoms with Gasteiger partial charge in [-0.25, -0.2) is 14.2 Å². The van der Waals surface area contributed by atoms with Crippen LogP contribution in [0, 0.1) is 0 Å². The highest BCUT2D eigenvalue weighted by atomic mass is 19.1. The molecule has 2 aromatic carbocycles. The highest BCUT2D eigenvalue weighted by Crippen LogP contribution is 2.66. The number of rotatable bonds is 6. The smallest absolute Gasteiger partial charge is 0.345 e. The van der Waals surface area contributed by atoms with E-state index in [4.69, 9.17) is 9.15 Å². The normalized spacial score (nSPS) is 25.6. The van der Waals surface area contributed by atoms with Crippen LogP contribution in [0.1, 0.15) is 54.5 Å². The molecule has 148 valence electrons. The van der Waals surface area contributed by atoms with E-state index in [9.17, 15) is 4.79 Å². The molecule has 0 spiro atoms. The average Bonchev–Trinajstić information content (AvgIpc) is 3.65. The van der Waals surface area contributed by atoms with Crippen molar-refractivity contribution < 1.29 is 18.3 Å². The summed E-state index contributed by atoms with van der Waals surface area (Å²) in [7, 11) is 0. The van der Waals surface area contributed by atoms with Gasteiger partial charge < -0.3 is 9.15 Å². The number of hydrogen-bond acceptors (Lipinski definition) is 4. The third-order valence-electron chi connectivity index (χ3n) is 5.88. The molecule has 1 aromatic heterocycles. The largest absolute Gasteiger partial charge is 0.464 e. The summed E-state index contributed by atoms with van der Waals surface area (Å²) in [5, 5.41) is 0. The summed E-state index contributed by atoms with van der Waals surface area (Å²) in [4.78, 5) is 16.8. The van der Waals surface area contributed by atoms with Crippen LogP contribution >= 0.6 is 0 Å². The van der Waals surface area contributed by atoms with E-state index in [2.05, 4.69) is 4.98 Å². The Bertz CT molecular complexity index is 1030. The Hall–Kier alpha value is -2.95. The molecule has 1 heterocycles. The number of carbonyl (C=O) groups excluding carboxylic acids is 1. The van der Waals surface area contributed by atoms with E-state index in [1.54, 1.807) is 13.1 Å². The molecular formula is C24H22FNO3. The number of oxazole rings is 1. The highest BCUT2D eigenvalue weighted by Gasteiger charge is 2.73. The number of benzene rings is 2. The molecule has 2 aliphatic rings. The van der Waals surface area contributed by atoms with Gasteiger partial charge in [-0.2, -0.15) is 0 Å². The monoisotopic (exact) mass is 391 g/mol. The molecule has 0 radical (unpaired) electrons. The first-order chi connectivity index (χ1) is 14.1. The minimum absolute atomic E-state index is 0.159. The van der Waals surface area contributed by atoms with Gasteiger partial charge in [0.2, 0.25) is 5.67 Å². The fourth-order valence-corrected chi connectivity index (χ4v) is 4.18. The third-order valence-corrected chi connectivity index (χ3v) is 5.88. The van der Waals surface area contributed by atoms with Crippen LogP contribution in [0.5, 0.6) is 0 Å². The Morgan fingerprint density at radius 1 is 1.10 bits per heavy atom. The first kappa shape index (κ1) is 18.1. The summed E-state index contributed by atoms with van der Waals surface area (Å²) in [6.07, 6.45) is 4.01.